The summed E-state index contributed by atoms with van der Waals surface area (Å²) < 4.78 is 0. The van der Waals surface area contributed by atoms with Crippen LogP contribution in [0.15, 0.2) is 170 Å². The molecule has 0 bridgehead atoms. The molecule has 11 rings (SSSR count). The van der Waals surface area contributed by atoms with E-state index in [9.17, 15) is 0 Å². The molecule has 1 aliphatic carbocycles. The van der Waals surface area contributed by atoms with Gasteiger partial charge in [-0.3, -0.25) is 0 Å². The minimum atomic E-state index is 1.27. The van der Waals surface area contributed by atoms with Gasteiger partial charge in [0.25, 0.3) is 0 Å². The quantitative estimate of drug-likeness (QED) is 0.172. The van der Waals surface area contributed by atoms with Crippen LogP contribution >= 0.6 is 0 Å². The molecule has 0 aromatic heterocycles. The summed E-state index contributed by atoms with van der Waals surface area (Å²) in [6.07, 6.45) is 0. The summed E-state index contributed by atoms with van der Waals surface area (Å²) in [6.45, 7) is 0. The van der Waals surface area contributed by atoms with Crippen molar-refractivity contribution in [2.75, 3.05) is 0 Å². The van der Waals surface area contributed by atoms with Gasteiger partial charge in [0, 0.05) is 0 Å². The van der Waals surface area contributed by atoms with Gasteiger partial charge in [0.2, 0.25) is 0 Å². The van der Waals surface area contributed by atoms with Crippen molar-refractivity contribution in [3.63, 3.8) is 0 Å². The van der Waals surface area contributed by atoms with Gasteiger partial charge in [-0.15, -0.1) is 0 Å². The standard InChI is InChI=1S/C48H28/c1-5-19-34-30(13-1)27-31-14-2-6-20-35(31)43(34)45-38-23-9-10-24-39(38)46(48-41-26-12-18-29-17-11-25-40(42(29)41)47(45)48)44-36-21-7-3-15-32(36)28-33-16-4-8-22-37(33)44/h1-28H. The fourth-order valence-corrected chi connectivity index (χ4v) is 8.82. The van der Waals surface area contributed by atoms with Crippen LogP contribution in [0.5, 0.6) is 0 Å². The zero-order valence-corrected chi connectivity index (χ0v) is 26.2. The Hall–Kier alpha value is -6.24. The maximum Gasteiger partial charge on any atom is -0.000696 e. The molecular weight excluding hydrogens is 577 g/mol. The molecule has 220 valence electrons. The van der Waals surface area contributed by atoms with E-state index in [1.165, 1.54) is 109 Å². The summed E-state index contributed by atoms with van der Waals surface area (Å²) in [5.74, 6) is 0. The second-order valence-corrected chi connectivity index (χ2v) is 13.1. The first-order valence-electron chi connectivity index (χ1n) is 16.8. The molecule has 0 saturated heterocycles. The number of benzene rings is 10. The molecule has 0 aliphatic heterocycles. The molecule has 48 heavy (non-hydrogen) atoms. The van der Waals surface area contributed by atoms with Crippen molar-refractivity contribution in [2.24, 2.45) is 0 Å². The molecule has 0 spiro atoms. The molecule has 0 fully saturated rings. The van der Waals surface area contributed by atoms with Gasteiger partial charge in [-0.2, -0.15) is 0 Å². The van der Waals surface area contributed by atoms with Crippen LogP contribution in [-0.4, -0.2) is 0 Å². The van der Waals surface area contributed by atoms with Gasteiger partial charge < -0.3 is 0 Å². The second-order valence-electron chi connectivity index (χ2n) is 13.1. The molecular formula is C48H28. The van der Waals surface area contributed by atoms with Gasteiger partial charge in [0.05, 0.1) is 0 Å². The van der Waals surface area contributed by atoms with Crippen molar-refractivity contribution in [3.8, 4) is 44.5 Å². The lowest BCUT2D eigenvalue weighted by Crippen LogP contribution is -1.96. The van der Waals surface area contributed by atoms with Gasteiger partial charge >= 0.3 is 0 Å². The zero-order chi connectivity index (χ0) is 31.3. The molecule has 10 aromatic rings. The normalized spacial score (nSPS) is 12.2. The number of hydrogen-bond acceptors (Lipinski definition) is 0. The fraction of sp³-hybridized carbons (Fsp3) is 0. The maximum absolute atomic E-state index is 2.36. The van der Waals surface area contributed by atoms with Crippen LogP contribution in [0, 0.1) is 0 Å². The maximum atomic E-state index is 2.36. The predicted molar refractivity (Wildman–Crippen MR) is 207 cm³/mol. The van der Waals surface area contributed by atoms with E-state index in [4.69, 9.17) is 0 Å². The highest BCUT2D eigenvalue weighted by molar-refractivity contribution is 6.33. The van der Waals surface area contributed by atoms with Crippen molar-refractivity contribution in [1.82, 2.24) is 0 Å². The highest BCUT2D eigenvalue weighted by Gasteiger charge is 2.32. The van der Waals surface area contributed by atoms with Crippen LogP contribution in [-0.2, 0) is 0 Å². The van der Waals surface area contributed by atoms with Gasteiger partial charge in [0.15, 0.2) is 0 Å². The van der Waals surface area contributed by atoms with Gasteiger partial charge in [-0.25, -0.2) is 0 Å². The molecule has 0 N–H and O–H groups in total. The Bertz CT molecular complexity index is 2690. The first-order valence-corrected chi connectivity index (χ1v) is 16.8. The Morgan fingerprint density at radius 2 is 0.521 bits per heavy atom. The highest BCUT2D eigenvalue weighted by Crippen LogP contribution is 2.60. The van der Waals surface area contributed by atoms with Gasteiger partial charge in [0.1, 0.15) is 0 Å². The first kappa shape index (κ1) is 25.9. The monoisotopic (exact) mass is 604 g/mol. The molecule has 0 radical (unpaired) electrons. The Kier molecular flexibility index (Phi) is 5.20. The van der Waals surface area contributed by atoms with Crippen molar-refractivity contribution in [1.29, 1.82) is 0 Å². The fourth-order valence-electron chi connectivity index (χ4n) is 8.82. The Morgan fingerprint density at radius 1 is 0.208 bits per heavy atom. The topological polar surface area (TPSA) is 0 Å². The predicted octanol–water partition coefficient (Wildman–Crippen LogP) is 13.6. The number of fused-ring (bicyclic) bond motifs is 8. The SMILES string of the molecule is c1ccc2c(-c3c4c(c(-c5c6ccccc6cc6ccccc56)c5ccccc35)-c3cccc5cccc-4c35)c3ccccc3cc2c1. The second kappa shape index (κ2) is 9.64. The van der Waals surface area contributed by atoms with E-state index in [-0.39, 0.29) is 0 Å². The lowest BCUT2D eigenvalue weighted by Gasteiger charge is -2.24. The molecule has 0 heteroatoms. The third-order valence-corrected chi connectivity index (χ3v) is 10.7. The van der Waals surface area contributed by atoms with Crippen LogP contribution in [0.2, 0.25) is 0 Å². The molecule has 0 heterocycles. The average molecular weight is 605 g/mol. The van der Waals surface area contributed by atoms with Crippen LogP contribution < -0.4 is 0 Å². The first-order chi connectivity index (χ1) is 23.8. The number of hydrogen-bond donors (Lipinski definition) is 0. The van der Waals surface area contributed by atoms with E-state index < -0.39 is 0 Å². The zero-order valence-electron chi connectivity index (χ0n) is 26.2. The Morgan fingerprint density at radius 3 is 0.896 bits per heavy atom. The molecule has 1 aliphatic rings. The van der Waals surface area contributed by atoms with Crippen molar-refractivity contribution in [2.45, 2.75) is 0 Å². The van der Waals surface area contributed by atoms with Crippen molar-refractivity contribution < 1.29 is 0 Å². The van der Waals surface area contributed by atoms with E-state index in [2.05, 4.69) is 170 Å². The van der Waals surface area contributed by atoms with Crippen LogP contribution in [0.3, 0.4) is 0 Å². The van der Waals surface area contributed by atoms with E-state index in [1.807, 2.05) is 0 Å². The van der Waals surface area contributed by atoms with E-state index in [1.54, 1.807) is 0 Å². The largest absolute Gasteiger partial charge is 0.0616 e. The molecule has 0 atom stereocenters. The smallest absolute Gasteiger partial charge is 0.000696 e. The molecule has 0 amide bonds. The summed E-state index contributed by atoms with van der Waals surface area (Å²) in [6, 6.07) is 63.3. The van der Waals surface area contributed by atoms with Crippen molar-refractivity contribution >= 4 is 64.6 Å². The summed E-state index contributed by atoms with van der Waals surface area (Å²) in [5.41, 5.74) is 10.6. The Balaban J connectivity index is 1.45. The van der Waals surface area contributed by atoms with E-state index in [0.29, 0.717) is 0 Å². The van der Waals surface area contributed by atoms with Crippen LogP contribution in [0.4, 0.5) is 0 Å². The minimum Gasteiger partial charge on any atom is -0.0616 e. The van der Waals surface area contributed by atoms with Crippen molar-refractivity contribution in [3.05, 3.63) is 170 Å². The van der Waals surface area contributed by atoms with Gasteiger partial charge in [-0.05, 0) is 121 Å². The van der Waals surface area contributed by atoms with Crippen LogP contribution in [0.1, 0.15) is 0 Å². The molecule has 10 aromatic carbocycles. The van der Waals surface area contributed by atoms with Crippen LogP contribution in [0.25, 0.3) is 109 Å². The van der Waals surface area contributed by atoms with E-state index in [0.717, 1.165) is 0 Å². The molecule has 0 unspecified atom stereocenters. The third-order valence-electron chi connectivity index (χ3n) is 10.7. The lowest BCUT2D eigenvalue weighted by atomic mass is 9.78. The van der Waals surface area contributed by atoms with E-state index >= 15 is 0 Å². The average Bonchev–Trinajstić information content (AvgIpc) is 3.48. The molecule has 0 saturated carbocycles. The van der Waals surface area contributed by atoms with Gasteiger partial charge in [-0.1, -0.05) is 158 Å². The summed E-state index contributed by atoms with van der Waals surface area (Å²) in [5, 5.41) is 15.4. The minimum absolute atomic E-state index is 1.27. The lowest BCUT2D eigenvalue weighted by molar-refractivity contribution is 1.68. The third kappa shape index (κ3) is 3.39. The summed E-state index contributed by atoms with van der Waals surface area (Å²) in [4.78, 5) is 0. The Labute approximate surface area is 278 Å². The molecule has 0 nitrogen and oxygen atoms in total. The summed E-state index contributed by atoms with van der Waals surface area (Å²) in [7, 11) is 0. The summed E-state index contributed by atoms with van der Waals surface area (Å²) >= 11 is 0. The number of rotatable bonds is 2. The highest BCUT2D eigenvalue weighted by atomic mass is 14.3.